The minimum atomic E-state index is -0.145. The van der Waals surface area contributed by atoms with Gasteiger partial charge >= 0.3 is 0 Å². The van der Waals surface area contributed by atoms with Crippen LogP contribution in [0, 0.1) is 0 Å². The van der Waals surface area contributed by atoms with Crippen LogP contribution in [0.25, 0.3) is 0 Å². The molecule has 0 bridgehead atoms. The molecule has 0 saturated heterocycles. The van der Waals surface area contributed by atoms with Crippen LogP contribution in [0.4, 0.5) is 0 Å². The Bertz CT molecular complexity index is 594. The quantitative estimate of drug-likeness (QED) is 0.787. The third-order valence-electron chi connectivity index (χ3n) is 3.43. The van der Waals surface area contributed by atoms with Crippen LogP contribution >= 0.6 is 0 Å². The van der Waals surface area contributed by atoms with Crippen molar-refractivity contribution in [2.24, 2.45) is 0 Å². The van der Waals surface area contributed by atoms with E-state index in [1.54, 1.807) is 30.3 Å². The molecule has 1 aromatic carbocycles. The molecule has 5 nitrogen and oxygen atoms in total. The number of likely N-dealkylation sites (N-methyl/N-ethyl adjacent to an activating group) is 1. The number of rotatable bonds is 7. The van der Waals surface area contributed by atoms with Gasteiger partial charge in [0.25, 0.3) is 5.91 Å². The maximum Gasteiger partial charge on any atom is 0.260 e. The van der Waals surface area contributed by atoms with E-state index in [4.69, 9.17) is 13.9 Å². The Morgan fingerprint density at radius 2 is 1.86 bits per heavy atom. The van der Waals surface area contributed by atoms with E-state index in [1.165, 1.54) is 0 Å². The van der Waals surface area contributed by atoms with Crippen molar-refractivity contribution in [3.8, 4) is 11.5 Å². The molecule has 2 rings (SSSR count). The predicted molar refractivity (Wildman–Crippen MR) is 83.0 cm³/mol. The SMILES string of the molecule is CCOc1ccccc1OCC(=O)N(C)C(C)c1ccco1. The summed E-state index contributed by atoms with van der Waals surface area (Å²) in [4.78, 5) is 13.8. The van der Waals surface area contributed by atoms with Gasteiger partial charge in [0, 0.05) is 7.05 Å². The van der Waals surface area contributed by atoms with Gasteiger partial charge in [0.15, 0.2) is 18.1 Å². The molecule has 1 atom stereocenters. The van der Waals surface area contributed by atoms with Gasteiger partial charge in [0.05, 0.1) is 18.9 Å². The van der Waals surface area contributed by atoms with Crippen LogP contribution in [0.5, 0.6) is 11.5 Å². The third-order valence-corrected chi connectivity index (χ3v) is 3.43. The van der Waals surface area contributed by atoms with Crippen LogP contribution < -0.4 is 9.47 Å². The van der Waals surface area contributed by atoms with Gasteiger partial charge in [-0.15, -0.1) is 0 Å². The number of furan rings is 1. The smallest absolute Gasteiger partial charge is 0.260 e. The molecule has 0 saturated carbocycles. The molecule has 2 aromatic rings. The molecule has 118 valence electrons. The van der Waals surface area contributed by atoms with Gasteiger partial charge in [-0.05, 0) is 38.1 Å². The second-order valence-corrected chi connectivity index (χ2v) is 4.86. The van der Waals surface area contributed by atoms with E-state index < -0.39 is 0 Å². The number of nitrogens with zero attached hydrogens (tertiary/aromatic N) is 1. The fourth-order valence-electron chi connectivity index (χ4n) is 2.02. The maximum atomic E-state index is 12.2. The summed E-state index contributed by atoms with van der Waals surface area (Å²) in [7, 11) is 1.73. The zero-order valence-corrected chi connectivity index (χ0v) is 13.1. The summed E-state index contributed by atoms with van der Waals surface area (Å²) in [5.41, 5.74) is 0. The van der Waals surface area contributed by atoms with E-state index >= 15 is 0 Å². The van der Waals surface area contributed by atoms with Crippen LogP contribution in [0.3, 0.4) is 0 Å². The lowest BCUT2D eigenvalue weighted by atomic mass is 10.2. The van der Waals surface area contributed by atoms with E-state index in [-0.39, 0.29) is 18.6 Å². The Morgan fingerprint density at radius 3 is 2.45 bits per heavy atom. The van der Waals surface area contributed by atoms with E-state index in [0.29, 0.717) is 18.1 Å². The van der Waals surface area contributed by atoms with Gasteiger partial charge in [0.2, 0.25) is 0 Å². The summed E-state index contributed by atoms with van der Waals surface area (Å²) < 4.78 is 16.4. The number of amides is 1. The highest BCUT2D eigenvalue weighted by Crippen LogP contribution is 2.26. The van der Waals surface area contributed by atoms with E-state index in [9.17, 15) is 4.79 Å². The monoisotopic (exact) mass is 303 g/mol. The zero-order valence-electron chi connectivity index (χ0n) is 13.1. The molecule has 1 amide bonds. The highest BCUT2D eigenvalue weighted by Gasteiger charge is 2.20. The van der Waals surface area contributed by atoms with E-state index in [0.717, 1.165) is 5.76 Å². The largest absolute Gasteiger partial charge is 0.490 e. The molecule has 1 aromatic heterocycles. The molecule has 0 N–H and O–H groups in total. The first-order valence-corrected chi connectivity index (χ1v) is 7.27. The Kier molecular flexibility index (Phi) is 5.47. The first-order valence-electron chi connectivity index (χ1n) is 7.27. The molecule has 0 radical (unpaired) electrons. The molecule has 22 heavy (non-hydrogen) atoms. The van der Waals surface area contributed by atoms with Crippen molar-refractivity contribution in [2.75, 3.05) is 20.3 Å². The van der Waals surface area contributed by atoms with Gasteiger partial charge < -0.3 is 18.8 Å². The number of carbonyl (C=O) groups excluding carboxylic acids is 1. The summed E-state index contributed by atoms with van der Waals surface area (Å²) in [6.07, 6.45) is 1.60. The second kappa shape index (κ2) is 7.54. The second-order valence-electron chi connectivity index (χ2n) is 4.86. The Labute approximate surface area is 130 Å². The average molecular weight is 303 g/mol. The molecule has 0 fully saturated rings. The molecular formula is C17H21NO4. The highest BCUT2D eigenvalue weighted by atomic mass is 16.5. The van der Waals surface area contributed by atoms with Crippen molar-refractivity contribution in [1.82, 2.24) is 4.90 Å². The molecule has 5 heteroatoms. The first-order chi connectivity index (χ1) is 10.6. The summed E-state index contributed by atoms with van der Waals surface area (Å²) in [5, 5.41) is 0. The number of para-hydroxylation sites is 2. The van der Waals surface area contributed by atoms with Crippen LogP contribution in [0.15, 0.2) is 47.1 Å². The van der Waals surface area contributed by atoms with E-state index in [2.05, 4.69) is 0 Å². The van der Waals surface area contributed by atoms with Gasteiger partial charge in [0.1, 0.15) is 5.76 Å². The molecule has 0 aliphatic carbocycles. The van der Waals surface area contributed by atoms with Crippen molar-refractivity contribution in [1.29, 1.82) is 0 Å². The lowest BCUT2D eigenvalue weighted by Crippen LogP contribution is -2.33. The normalized spacial score (nSPS) is 11.8. The topological polar surface area (TPSA) is 51.9 Å². The third kappa shape index (κ3) is 3.81. The molecule has 0 aliphatic heterocycles. The maximum absolute atomic E-state index is 12.2. The Hall–Kier alpha value is -2.43. The van der Waals surface area contributed by atoms with Crippen LogP contribution in [-0.4, -0.2) is 31.1 Å². The minimum absolute atomic E-state index is 0.0500. The summed E-state index contributed by atoms with van der Waals surface area (Å²) in [5.74, 6) is 1.82. The lowest BCUT2D eigenvalue weighted by molar-refractivity contribution is -0.134. The minimum Gasteiger partial charge on any atom is -0.490 e. The Morgan fingerprint density at radius 1 is 1.18 bits per heavy atom. The number of hydrogen-bond acceptors (Lipinski definition) is 4. The van der Waals surface area contributed by atoms with Gasteiger partial charge in [-0.2, -0.15) is 0 Å². The molecule has 0 spiro atoms. The summed E-state index contributed by atoms with van der Waals surface area (Å²) >= 11 is 0. The van der Waals surface area contributed by atoms with Gasteiger partial charge in [-0.1, -0.05) is 12.1 Å². The number of ether oxygens (including phenoxy) is 2. The van der Waals surface area contributed by atoms with Crippen LogP contribution in [-0.2, 0) is 4.79 Å². The summed E-state index contributed by atoms with van der Waals surface area (Å²) in [6, 6.07) is 10.8. The fourth-order valence-corrected chi connectivity index (χ4v) is 2.02. The van der Waals surface area contributed by atoms with Gasteiger partial charge in [-0.3, -0.25) is 4.79 Å². The van der Waals surface area contributed by atoms with Crippen LogP contribution in [0.1, 0.15) is 25.6 Å². The standard InChI is InChI=1S/C17H21NO4/c1-4-20-15-8-5-6-9-16(15)22-12-17(19)18(3)13(2)14-10-7-11-21-14/h5-11,13H,4,12H2,1-3H3. The number of hydrogen-bond donors (Lipinski definition) is 0. The first kappa shape index (κ1) is 15.9. The number of benzene rings is 1. The Balaban J connectivity index is 1.95. The molecule has 1 heterocycles. The molecular weight excluding hydrogens is 282 g/mol. The van der Waals surface area contributed by atoms with Crippen molar-refractivity contribution in [2.45, 2.75) is 19.9 Å². The van der Waals surface area contributed by atoms with Crippen molar-refractivity contribution < 1.29 is 18.7 Å². The van der Waals surface area contributed by atoms with Crippen molar-refractivity contribution in [3.05, 3.63) is 48.4 Å². The molecule has 1 unspecified atom stereocenters. The fraction of sp³-hybridized carbons (Fsp3) is 0.353. The van der Waals surface area contributed by atoms with Crippen molar-refractivity contribution in [3.63, 3.8) is 0 Å². The summed E-state index contributed by atoms with van der Waals surface area (Å²) in [6.45, 7) is 4.31. The zero-order chi connectivity index (χ0) is 15.9. The van der Waals surface area contributed by atoms with Crippen molar-refractivity contribution >= 4 is 5.91 Å². The van der Waals surface area contributed by atoms with E-state index in [1.807, 2.05) is 38.1 Å². The van der Waals surface area contributed by atoms with Gasteiger partial charge in [-0.25, -0.2) is 0 Å². The molecule has 0 aliphatic rings. The average Bonchev–Trinajstić information content (AvgIpc) is 3.07. The number of carbonyl (C=O) groups is 1. The van der Waals surface area contributed by atoms with Crippen LogP contribution in [0.2, 0.25) is 0 Å². The lowest BCUT2D eigenvalue weighted by Gasteiger charge is -2.23. The highest BCUT2D eigenvalue weighted by molar-refractivity contribution is 5.78. The predicted octanol–water partition coefficient (Wildman–Crippen LogP) is 3.28.